The van der Waals surface area contributed by atoms with Crippen molar-refractivity contribution in [1.82, 2.24) is 16.2 Å². The zero-order chi connectivity index (χ0) is 32.1. The quantitative estimate of drug-likeness (QED) is 0.118. The van der Waals surface area contributed by atoms with Gasteiger partial charge in [0.15, 0.2) is 0 Å². The van der Waals surface area contributed by atoms with E-state index in [1.54, 1.807) is 93.6 Å². The molecule has 0 aliphatic rings. The second-order valence-corrected chi connectivity index (χ2v) is 10.9. The van der Waals surface area contributed by atoms with Crippen molar-refractivity contribution in [2.45, 2.75) is 51.7 Å². The fourth-order valence-corrected chi connectivity index (χ4v) is 3.84. The van der Waals surface area contributed by atoms with Crippen molar-refractivity contribution in [3.8, 4) is 0 Å². The van der Waals surface area contributed by atoms with Gasteiger partial charge in [-0.3, -0.25) is 5.43 Å². The Morgan fingerprint density at radius 2 is 1.30 bits per heavy atom. The van der Waals surface area contributed by atoms with Gasteiger partial charge >= 0.3 is 24.3 Å². The standard InChI is InChI=1S/C32H38N4O8/c1-32(2,3)44-29(38)33-26(24-16-18-25(19-17-24)36(4)5)27(34-35-30(39)41-20-22-12-8-6-9-13-22)28(37)43-31(40)42-21-23-14-10-7-11-15-23/h6-19,26-27,34H,20-21H2,1-5H3,(H,33,38)(H,35,39)/t26?,27-/m1/s1. The van der Waals surface area contributed by atoms with Gasteiger partial charge in [-0.2, -0.15) is 0 Å². The molecule has 0 heterocycles. The van der Waals surface area contributed by atoms with Crippen LogP contribution in [0.5, 0.6) is 0 Å². The summed E-state index contributed by atoms with van der Waals surface area (Å²) >= 11 is 0. The van der Waals surface area contributed by atoms with Crippen LogP contribution in [0, 0.1) is 0 Å². The third-order valence-electron chi connectivity index (χ3n) is 5.95. The van der Waals surface area contributed by atoms with Crippen molar-refractivity contribution in [3.63, 3.8) is 0 Å². The van der Waals surface area contributed by atoms with Crippen LogP contribution in [0.2, 0.25) is 0 Å². The minimum atomic E-state index is -1.54. The number of hydrazine groups is 1. The molecule has 1 unspecified atom stereocenters. The molecule has 0 fully saturated rings. The van der Waals surface area contributed by atoms with E-state index in [1.165, 1.54) is 0 Å². The van der Waals surface area contributed by atoms with Crippen molar-refractivity contribution in [1.29, 1.82) is 0 Å². The smallest absolute Gasteiger partial charge is 0.444 e. The first-order valence-electron chi connectivity index (χ1n) is 13.8. The molecule has 0 saturated carbocycles. The maximum absolute atomic E-state index is 13.4. The number of ether oxygens (including phenoxy) is 4. The number of nitrogens with zero attached hydrogens (tertiary/aromatic N) is 1. The number of rotatable bonds is 11. The lowest BCUT2D eigenvalue weighted by Crippen LogP contribution is -2.56. The summed E-state index contributed by atoms with van der Waals surface area (Å²) in [4.78, 5) is 53.3. The molecule has 3 rings (SSSR count). The van der Waals surface area contributed by atoms with E-state index < -0.39 is 42.0 Å². The predicted molar refractivity (Wildman–Crippen MR) is 162 cm³/mol. The number of carbonyl (C=O) groups is 4. The summed E-state index contributed by atoms with van der Waals surface area (Å²) in [5.74, 6) is -1.15. The zero-order valence-electron chi connectivity index (χ0n) is 25.4. The van der Waals surface area contributed by atoms with Crippen molar-refractivity contribution in [3.05, 3.63) is 102 Å². The SMILES string of the molecule is CN(C)c1ccc(C(NC(=O)OC(C)(C)C)[C@@H](NNC(=O)OCc2ccccc2)C(=O)OC(=O)OCc2ccccc2)cc1. The summed E-state index contributed by atoms with van der Waals surface area (Å²) in [5, 5.41) is 2.65. The van der Waals surface area contributed by atoms with E-state index in [0.29, 0.717) is 11.1 Å². The molecule has 0 radical (unpaired) electrons. The Morgan fingerprint density at radius 3 is 1.82 bits per heavy atom. The first kappa shape index (κ1) is 33.4. The molecule has 0 aliphatic heterocycles. The minimum absolute atomic E-state index is 0.0408. The van der Waals surface area contributed by atoms with Gasteiger partial charge in [-0.25, -0.2) is 24.6 Å². The largest absolute Gasteiger partial charge is 0.516 e. The Morgan fingerprint density at radius 1 is 0.750 bits per heavy atom. The van der Waals surface area contributed by atoms with Gasteiger partial charge in [-0.1, -0.05) is 72.8 Å². The molecule has 3 aromatic carbocycles. The lowest BCUT2D eigenvalue weighted by Gasteiger charge is -2.29. The first-order valence-corrected chi connectivity index (χ1v) is 13.8. The molecule has 3 N–H and O–H groups in total. The van der Waals surface area contributed by atoms with Crippen LogP contribution in [0.3, 0.4) is 0 Å². The van der Waals surface area contributed by atoms with Gasteiger partial charge < -0.3 is 29.2 Å². The predicted octanol–water partition coefficient (Wildman–Crippen LogP) is 5.00. The van der Waals surface area contributed by atoms with E-state index in [1.807, 2.05) is 31.1 Å². The third kappa shape index (κ3) is 11.3. The zero-order valence-corrected chi connectivity index (χ0v) is 25.4. The highest BCUT2D eigenvalue weighted by Crippen LogP contribution is 2.23. The fraction of sp³-hybridized carbons (Fsp3) is 0.312. The van der Waals surface area contributed by atoms with Crippen LogP contribution in [0.4, 0.5) is 20.1 Å². The first-order chi connectivity index (χ1) is 20.9. The van der Waals surface area contributed by atoms with E-state index in [9.17, 15) is 19.2 Å². The van der Waals surface area contributed by atoms with E-state index in [-0.39, 0.29) is 13.2 Å². The van der Waals surface area contributed by atoms with Gasteiger partial charge in [0, 0.05) is 19.8 Å². The molecule has 0 spiro atoms. The molecule has 0 aliphatic carbocycles. The van der Waals surface area contributed by atoms with Crippen molar-refractivity contribution in [2.75, 3.05) is 19.0 Å². The minimum Gasteiger partial charge on any atom is -0.444 e. The molecule has 0 aromatic heterocycles. The summed E-state index contributed by atoms with van der Waals surface area (Å²) in [6, 6.07) is 22.0. The number of nitrogens with one attached hydrogen (secondary N) is 3. The van der Waals surface area contributed by atoms with Crippen LogP contribution in [0.1, 0.15) is 43.5 Å². The molecule has 234 valence electrons. The maximum atomic E-state index is 13.4. The second kappa shape index (κ2) is 15.9. The number of hydrogen-bond acceptors (Lipinski definition) is 10. The molecule has 0 bridgehead atoms. The average molecular weight is 607 g/mol. The summed E-state index contributed by atoms with van der Waals surface area (Å²) < 4.78 is 20.7. The van der Waals surface area contributed by atoms with Crippen LogP contribution >= 0.6 is 0 Å². The Hall–Kier alpha value is -5.10. The summed E-state index contributed by atoms with van der Waals surface area (Å²) in [6.45, 7) is 4.88. The normalized spacial score (nSPS) is 12.2. The van der Waals surface area contributed by atoms with Crippen LogP contribution in [-0.4, -0.2) is 50.0 Å². The van der Waals surface area contributed by atoms with E-state index in [4.69, 9.17) is 18.9 Å². The molecular weight excluding hydrogens is 568 g/mol. The molecule has 0 saturated heterocycles. The molecule has 2 amide bonds. The molecular formula is C32H38N4O8. The van der Waals surface area contributed by atoms with Crippen LogP contribution < -0.4 is 21.1 Å². The highest BCUT2D eigenvalue weighted by molar-refractivity contribution is 5.87. The highest BCUT2D eigenvalue weighted by Gasteiger charge is 2.36. The Bertz CT molecular complexity index is 1380. The van der Waals surface area contributed by atoms with Gasteiger partial charge in [0.25, 0.3) is 0 Å². The van der Waals surface area contributed by atoms with E-state index >= 15 is 0 Å². The van der Waals surface area contributed by atoms with Crippen molar-refractivity contribution >= 4 is 30.0 Å². The van der Waals surface area contributed by atoms with Crippen LogP contribution in [-0.2, 0) is 37.0 Å². The number of hydrogen-bond donors (Lipinski definition) is 3. The number of esters is 1. The highest BCUT2D eigenvalue weighted by atomic mass is 16.7. The molecule has 12 nitrogen and oxygen atoms in total. The van der Waals surface area contributed by atoms with Crippen LogP contribution in [0.15, 0.2) is 84.9 Å². The summed E-state index contributed by atoms with van der Waals surface area (Å²) in [7, 11) is 3.72. The van der Waals surface area contributed by atoms with Gasteiger partial charge in [0.05, 0.1) is 6.04 Å². The Kier molecular flexibility index (Phi) is 12.1. The van der Waals surface area contributed by atoms with Gasteiger partial charge in [0.1, 0.15) is 24.9 Å². The molecule has 12 heteroatoms. The number of benzene rings is 3. The lowest BCUT2D eigenvalue weighted by molar-refractivity contribution is -0.143. The van der Waals surface area contributed by atoms with Gasteiger partial charge in [-0.15, -0.1) is 0 Å². The monoisotopic (exact) mass is 606 g/mol. The average Bonchev–Trinajstić information content (AvgIpc) is 2.98. The summed E-state index contributed by atoms with van der Waals surface area (Å²) in [5.41, 5.74) is 6.71. The van der Waals surface area contributed by atoms with E-state index in [2.05, 4.69) is 16.2 Å². The van der Waals surface area contributed by atoms with Crippen LogP contribution in [0.25, 0.3) is 0 Å². The van der Waals surface area contributed by atoms with Crippen molar-refractivity contribution < 1.29 is 38.1 Å². The number of amides is 2. The van der Waals surface area contributed by atoms with Gasteiger partial charge in [0.2, 0.25) is 0 Å². The summed E-state index contributed by atoms with van der Waals surface area (Å²) in [6.07, 6.45) is -3.04. The third-order valence-corrected chi connectivity index (χ3v) is 5.95. The number of anilines is 1. The molecule has 2 atom stereocenters. The van der Waals surface area contributed by atoms with Gasteiger partial charge in [-0.05, 0) is 49.6 Å². The number of carbonyl (C=O) groups excluding carboxylic acids is 4. The molecule has 44 heavy (non-hydrogen) atoms. The lowest BCUT2D eigenvalue weighted by atomic mass is 9.99. The van der Waals surface area contributed by atoms with E-state index in [0.717, 1.165) is 11.3 Å². The maximum Gasteiger partial charge on any atom is 0.516 e. The Balaban J connectivity index is 1.83. The topological polar surface area (TPSA) is 145 Å². The number of alkyl carbamates (subject to hydrolysis) is 1. The Labute approximate surface area is 256 Å². The van der Waals surface area contributed by atoms with Crippen molar-refractivity contribution in [2.24, 2.45) is 0 Å². The molecule has 3 aromatic rings. The second-order valence-electron chi connectivity index (χ2n) is 10.9. The fourth-order valence-electron chi connectivity index (χ4n) is 3.84.